The van der Waals surface area contributed by atoms with Crippen LogP contribution in [-0.4, -0.2) is 27.6 Å². The van der Waals surface area contributed by atoms with Crippen LogP contribution in [-0.2, 0) is 11.2 Å². The molecule has 2 heterocycles. The summed E-state index contributed by atoms with van der Waals surface area (Å²) in [6, 6.07) is 0. The number of aryl methyl sites for hydroxylation is 2. The quantitative estimate of drug-likeness (QED) is 0.912. The SMILES string of the molecule is Cc1ncc(-c2onc(C)c2C)c(CCNC(=O)C2CCCC2)n1. The molecule has 1 aliphatic rings. The standard InChI is InChI=1S/C18H24N4O2/c1-11-12(2)22-24-17(11)15-10-20-13(3)21-16(15)8-9-19-18(23)14-6-4-5-7-14/h10,14H,4-9H2,1-3H3,(H,19,23). The van der Waals surface area contributed by atoms with E-state index in [1.165, 1.54) is 0 Å². The summed E-state index contributed by atoms with van der Waals surface area (Å²) >= 11 is 0. The highest BCUT2D eigenvalue weighted by Crippen LogP contribution is 2.28. The Kier molecular flexibility index (Phi) is 4.92. The zero-order valence-corrected chi connectivity index (χ0v) is 14.6. The summed E-state index contributed by atoms with van der Waals surface area (Å²) < 4.78 is 5.45. The van der Waals surface area contributed by atoms with Crippen LogP contribution in [0.15, 0.2) is 10.7 Å². The highest BCUT2D eigenvalue weighted by atomic mass is 16.5. The van der Waals surface area contributed by atoms with Crippen molar-refractivity contribution in [2.24, 2.45) is 5.92 Å². The predicted molar refractivity (Wildman–Crippen MR) is 90.4 cm³/mol. The van der Waals surface area contributed by atoms with Crippen LogP contribution in [0.4, 0.5) is 0 Å². The lowest BCUT2D eigenvalue weighted by Gasteiger charge is -2.11. The van der Waals surface area contributed by atoms with Crippen LogP contribution in [0.5, 0.6) is 0 Å². The molecule has 0 aromatic carbocycles. The number of carbonyl (C=O) groups excluding carboxylic acids is 1. The monoisotopic (exact) mass is 328 g/mol. The molecule has 1 amide bonds. The predicted octanol–water partition coefficient (Wildman–Crippen LogP) is 2.91. The van der Waals surface area contributed by atoms with E-state index in [4.69, 9.17) is 4.52 Å². The lowest BCUT2D eigenvalue weighted by molar-refractivity contribution is -0.124. The van der Waals surface area contributed by atoms with Gasteiger partial charge in [-0.1, -0.05) is 18.0 Å². The first-order chi connectivity index (χ1) is 11.6. The smallest absolute Gasteiger partial charge is 0.223 e. The van der Waals surface area contributed by atoms with Gasteiger partial charge >= 0.3 is 0 Å². The fourth-order valence-electron chi connectivity index (χ4n) is 3.20. The summed E-state index contributed by atoms with van der Waals surface area (Å²) in [7, 11) is 0. The van der Waals surface area contributed by atoms with Gasteiger partial charge in [0.2, 0.25) is 5.91 Å². The normalized spacial score (nSPS) is 15.0. The number of rotatable bonds is 5. The fraction of sp³-hybridized carbons (Fsp3) is 0.556. The van der Waals surface area contributed by atoms with Crippen molar-refractivity contribution < 1.29 is 9.32 Å². The van der Waals surface area contributed by atoms with E-state index in [9.17, 15) is 4.79 Å². The molecule has 1 saturated carbocycles. The Morgan fingerprint density at radius 1 is 1.29 bits per heavy atom. The van der Waals surface area contributed by atoms with Crippen LogP contribution in [0.25, 0.3) is 11.3 Å². The molecule has 0 bridgehead atoms. The second kappa shape index (κ2) is 7.11. The maximum Gasteiger partial charge on any atom is 0.223 e. The van der Waals surface area contributed by atoms with Crippen molar-refractivity contribution in [1.82, 2.24) is 20.4 Å². The Balaban J connectivity index is 1.71. The lowest BCUT2D eigenvalue weighted by Crippen LogP contribution is -2.31. The maximum absolute atomic E-state index is 12.1. The Morgan fingerprint density at radius 2 is 2.04 bits per heavy atom. The molecule has 0 unspecified atom stereocenters. The molecule has 128 valence electrons. The van der Waals surface area contributed by atoms with E-state index in [0.29, 0.717) is 24.6 Å². The summed E-state index contributed by atoms with van der Waals surface area (Å²) in [5, 5.41) is 7.06. The van der Waals surface area contributed by atoms with E-state index < -0.39 is 0 Å². The molecule has 0 radical (unpaired) electrons. The Hall–Kier alpha value is -2.24. The van der Waals surface area contributed by atoms with Crippen molar-refractivity contribution in [3.05, 3.63) is 29.0 Å². The van der Waals surface area contributed by atoms with Gasteiger partial charge in [-0.05, 0) is 33.6 Å². The highest BCUT2D eigenvalue weighted by molar-refractivity contribution is 5.78. The summed E-state index contributed by atoms with van der Waals surface area (Å²) in [5.74, 6) is 1.79. The van der Waals surface area contributed by atoms with E-state index in [1.807, 2.05) is 20.8 Å². The topological polar surface area (TPSA) is 80.9 Å². The highest BCUT2D eigenvalue weighted by Gasteiger charge is 2.22. The van der Waals surface area contributed by atoms with Gasteiger partial charge in [-0.2, -0.15) is 0 Å². The van der Waals surface area contributed by atoms with Gasteiger partial charge in [0.05, 0.1) is 17.0 Å². The Labute approximate surface area is 142 Å². The third-order valence-corrected chi connectivity index (χ3v) is 4.78. The van der Waals surface area contributed by atoms with Crippen molar-refractivity contribution >= 4 is 5.91 Å². The molecule has 2 aromatic heterocycles. The van der Waals surface area contributed by atoms with Gasteiger partial charge in [-0.15, -0.1) is 0 Å². The molecular formula is C18H24N4O2. The lowest BCUT2D eigenvalue weighted by atomic mass is 10.1. The van der Waals surface area contributed by atoms with E-state index in [2.05, 4.69) is 20.4 Å². The Bertz CT molecular complexity index is 733. The van der Waals surface area contributed by atoms with E-state index in [1.54, 1.807) is 6.20 Å². The number of nitrogens with one attached hydrogen (secondary N) is 1. The van der Waals surface area contributed by atoms with Gasteiger partial charge in [0.1, 0.15) is 5.82 Å². The average Bonchev–Trinajstić information content (AvgIpc) is 3.20. The molecule has 2 aromatic rings. The molecule has 24 heavy (non-hydrogen) atoms. The first-order valence-corrected chi connectivity index (χ1v) is 8.59. The second-order valence-electron chi connectivity index (χ2n) is 6.52. The molecular weight excluding hydrogens is 304 g/mol. The average molecular weight is 328 g/mol. The maximum atomic E-state index is 12.1. The zero-order chi connectivity index (χ0) is 17.1. The molecule has 1 fully saturated rings. The molecule has 0 aliphatic heterocycles. The number of amides is 1. The summed E-state index contributed by atoms with van der Waals surface area (Å²) in [4.78, 5) is 21.0. The van der Waals surface area contributed by atoms with Crippen molar-refractivity contribution in [3.8, 4) is 11.3 Å². The van der Waals surface area contributed by atoms with E-state index in [0.717, 1.165) is 48.2 Å². The first kappa shape index (κ1) is 16.6. The molecule has 0 spiro atoms. The van der Waals surface area contributed by atoms with Crippen LogP contribution in [0, 0.1) is 26.7 Å². The number of aromatic nitrogens is 3. The summed E-state index contributed by atoms with van der Waals surface area (Å²) in [6.45, 7) is 6.33. The largest absolute Gasteiger partial charge is 0.356 e. The van der Waals surface area contributed by atoms with Gasteiger partial charge in [-0.25, -0.2) is 9.97 Å². The minimum atomic E-state index is 0.173. The Morgan fingerprint density at radius 3 is 2.71 bits per heavy atom. The minimum absolute atomic E-state index is 0.173. The van der Waals surface area contributed by atoms with Gasteiger partial charge in [-0.3, -0.25) is 4.79 Å². The molecule has 1 aliphatic carbocycles. The van der Waals surface area contributed by atoms with Crippen molar-refractivity contribution in [2.45, 2.75) is 52.9 Å². The summed E-state index contributed by atoms with van der Waals surface area (Å²) in [5.41, 5.74) is 3.60. The van der Waals surface area contributed by atoms with E-state index >= 15 is 0 Å². The van der Waals surface area contributed by atoms with Crippen molar-refractivity contribution in [1.29, 1.82) is 0 Å². The molecule has 0 saturated heterocycles. The van der Waals surface area contributed by atoms with Crippen LogP contribution in [0.3, 0.4) is 0 Å². The fourth-order valence-corrected chi connectivity index (χ4v) is 3.20. The number of nitrogens with zero attached hydrogens (tertiary/aromatic N) is 3. The third-order valence-electron chi connectivity index (χ3n) is 4.78. The minimum Gasteiger partial charge on any atom is -0.356 e. The van der Waals surface area contributed by atoms with Gasteiger partial charge < -0.3 is 9.84 Å². The van der Waals surface area contributed by atoms with Crippen LogP contribution in [0.2, 0.25) is 0 Å². The summed E-state index contributed by atoms with van der Waals surface area (Å²) in [6.07, 6.45) is 6.79. The van der Waals surface area contributed by atoms with Crippen LogP contribution < -0.4 is 5.32 Å². The molecule has 0 atom stereocenters. The third kappa shape index (κ3) is 3.47. The molecule has 3 rings (SSSR count). The van der Waals surface area contributed by atoms with Gasteiger partial charge in [0, 0.05) is 30.6 Å². The van der Waals surface area contributed by atoms with Gasteiger partial charge in [0.25, 0.3) is 0 Å². The number of carbonyl (C=O) groups is 1. The number of hydrogen-bond donors (Lipinski definition) is 1. The molecule has 6 heteroatoms. The van der Waals surface area contributed by atoms with Crippen LogP contribution >= 0.6 is 0 Å². The molecule has 6 nitrogen and oxygen atoms in total. The molecule has 1 N–H and O–H groups in total. The number of hydrogen-bond acceptors (Lipinski definition) is 5. The van der Waals surface area contributed by atoms with Crippen molar-refractivity contribution in [3.63, 3.8) is 0 Å². The first-order valence-electron chi connectivity index (χ1n) is 8.59. The van der Waals surface area contributed by atoms with E-state index in [-0.39, 0.29) is 11.8 Å². The van der Waals surface area contributed by atoms with Crippen molar-refractivity contribution in [2.75, 3.05) is 6.54 Å². The van der Waals surface area contributed by atoms with Crippen LogP contribution in [0.1, 0.15) is 48.5 Å². The second-order valence-corrected chi connectivity index (χ2v) is 6.52. The zero-order valence-electron chi connectivity index (χ0n) is 14.6. The van der Waals surface area contributed by atoms with Gasteiger partial charge in [0.15, 0.2) is 5.76 Å².